The zero-order valence-corrected chi connectivity index (χ0v) is 33.0. The first-order valence-electron chi connectivity index (χ1n) is 20.8. The van der Waals surface area contributed by atoms with Crippen molar-refractivity contribution in [1.29, 1.82) is 0 Å². The summed E-state index contributed by atoms with van der Waals surface area (Å²) in [7, 11) is 0. The Labute approximate surface area is 350 Å². The van der Waals surface area contributed by atoms with Gasteiger partial charge in [-0.1, -0.05) is 140 Å². The van der Waals surface area contributed by atoms with Crippen LogP contribution in [-0.4, -0.2) is 14.1 Å². The molecule has 0 saturated carbocycles. The number of para-hydroxylation sites is 3. The molecule has 0 radical (unpaired) electrons. The fraction of sp³-hybridized carbons (Fsp3) is 0. The van der Waals surface area contributed by atoms with Crippen molar-refractivity contribution in [1.82, 2.24) is 14.1 Å². The van der Waals surface area contributed by atoms with E-state index in [1.165, 1.54) is 38.1 Å². The average Bonchev–Trinajstić information content (AvgIpc) is 3.99. The van der Waals surface area contributed by atoms with E-state index in [9.17, 15) is 0 Å². The van der Waals surface area contributed by atoms with Crippen LogP contribution in [0, 0.1) is 0 Å². The molecule has 4 heterocycles. The molecule has 0 bridgehead atoms. The molecule has 13 aromatic rings. The number of furan rings is 1. The van der Waals surface area contributed by atoms with Crippen LogP contribution in [0.4, 0.5) is 0 Å². The summed E-state index contributed by atoms with van der Waals surface area (Å²) in [6.45, 7) is 0. The van der Waals surface area contributed by atoms with Crippen molar-refractivity contribution >= 4 is 76.3 Å². The van der Waals surface area contributed by atoms with Crippen LogP contribution >= 0.6 is 0 Å². The van der Waals surface area contributed by atoms with Crippen molar-refractivity contribution in [2.45, 2.75) is 0 Å². The maximum atomic E-state index is 6.58. The molecule has 0 amide bonds. The Bertz CT molecular complexity index is 3870. The zero-order chi connectivity index (χ0) is 40.0. The highest BCUT2D eigenvalue weighted by molar-refractivity contribution is 6.17. The first kappa shape index (κ1) is 33.7. The first-order chi connectivity index (χ1) is 30.2. The summed E-state index contributed by atoms with van der Waals surface area (Å²) in [5.74, 6) is 0.925. The molecule has 0 fully saturated rings. The monoisotopic (exact) mass is 777 g/mol. The van der Waals surface area contributed by atoms with E-state index in [0.717, 1.165) is 83.2 Å². The van der Waals surface area contributed by atoms with Crippen LogP contribution in [0.1, 0.15) is 0 Å². The van der Waals surface area contributed by atoms with Gasteiger partial charge in [0.15, 0.2) is 0 Å². The fourth-order valence-electron chi connectivity index (χ4n) is 9.73. The second-order valence-electron chi connectivity index (χ2n) is 15.9. The molecule has 0 spiro atoms. The number of pyridine rings is 1. The summed E-state index contributed by atoms with van der Waals surface area (Å²) in [6, 6.07) is 76.0. The lowest BCUT2D eigenvalue weighted by atomic mass is 9.96. The molecule has 0 aliphatic heterocycles. The lowest BCUT2D eigenvalue weighted by Crippen LogP contribution is -2.00. The Kier molecular flexibility index (Phi) is 7.27. The summed E-state index contributed by atoms with van der Waals surface area (Å²) in [5, 5.41) is 9.33. The van der Waals surface area contributed by atoms with Gasteiger partial charge in [0.05, 0.1) is 27.8 Å². The maximum Gasteiger partial charge on any atom is 0.146 e. The van der Waals surface area contributed by atoms with E-state index in [-0.39, 0.29) is 0 Å². The molecule has 0 N–H and O–H groups in total. The van der Waals surface area contributed by atoms with Gasteiger partial charge in [-0.15, -0.1) is 0 Å². The van der Waals surface area contributed by atoms with E-state index in [1.54, 1.807) is 0 Å². The van der Waals surface area contributed by atoms with Gasteiger partial charge in [0.1, 0.15) is 17.0 Å². The van der Waals surface area contributed by atoms with Crippen molar-refractivity contribution in [3.05, 3.63) is 212 Å². The molecular formula is C57H35N3O. The topological polar surface area (TPSA) is 35.9 Å². The summed E-state index contributed by atoms with van der Waals surface area (Å²) in [4.78, 5) is 5.39. The third-order valence-corrected chi connectivity index (χ3v) is 12.5. The lowest BCUT2D eigenvalue weighted by Gasteiger charge is -2.13. The van der Waals surface area contributed by atoms with Gasteiger partial charge in [-0.2, -0.15) is 0 Å². The van der Waals surface area contributed by atoms with Gasteiger partial charge in [-0.05, 0) is 100 Å². The minimum atomic E-state index is 0.877. The average molecular weight is 778 g/mol. The highest BCUT2D eigenvalue weighted by Gasteiger charge is 2.20. The minimum Gasteiger partial charge on any atom is -0.456 e. The van der Waals surface area contributed by atoms with E-state index in [1.807, 2.05) is 0 Å². The van der Waals surface area contributed by atoms with Gasteiger partial charge in [-0.25, -0.2) is 4.98 Å². The molecule has 0 atom stereocenters. The molecule has 0 unspecified atom stereocenters. The molecular weight excluding hydrogens is 743 g/mol. The van der Waals surface area contributed by atoms with Crippen molar-refractivity contribution in [2.75, 3.05) is 0 Å². The van der Waals surface area contributed by atoms with E-state index >= 15 is 0 Å². The minimum absolute atomic E-state index is 0.877. The highest BCUT2D eigenvalue weighted by atomic mass is 16.3. The van der Waals surface area contributed by atoms with Crippen LogP contribution in [-0.2, 0) is 0 Å². The highest BCUT2D eigenvalue weighted by Crippen LogP contribution is 2.43. The second kappa shape index (κ2) is 13.2. The number of nitrogens with zero attached hydrogens (tertiary/aromatic N) is 3. The van der Waals surface area contributed by atoms with Gasteiger partial charge in [0.2, 0.25) is 0 Å². The second-order valence-corrected chi connectivity index (χ2v) is 15.9. The summed E-state index contributed by atoms with van der Waals surface area (Å²) in [6.07, 6.45) is 0. The number of aromatic nitrogens is 3. The van der Waals surface area contributed by atoms with Gasteiger partial charge in [-0.3, -0.25) is 4.57 Å². The Morgan fingerprint density at radius 3 is 1.69 bits per heavy atom. The molecule has 0 saturated heterocycles. The van der Waals surface area contributed by atoms with Crippen LogP contribution in [0.3, 0.4) is 0 Å². The molecule has 0 aliphatic carbocycles. The number of benzene rings is 9. The number of fused-ring (bicyclic) bond motifs is 10. The van der Waals surface area contributed by atoms with Crippen LogP contribution < -0.4 is 0 Å². The molecule has 284 valence electrons. The maximum absolute atomic E-state index is 6.58. The molecule has 0 aliphatic rings. The zero-order valence-electron chi connectivity index (χ0n) is 33.0. The molecule has 61 heavy (non-hydrogen) atoms. The predicted molar refractivity (Wildman–Crippen MR) is 254 cm³/mol. The lowest BCUT2D eigenvalue weighted by molar-refractivity contribution is 0.669. The molecule has 9 aromatic carbocycles. The summed E-state index contributed by atoms with van der Waals surface area (Å²) in [5.41, 5.74) is 14.2. The van der Waals surface area contributed by atoms with Crippen molar-refractivity contribution in [2.24, 2.45) is 0 Å². The number of rotatable bonds is 5. The van der Waals surface area contributed by atoms with Crippen LogP contribution in [0.5, 0.6) is 0 Å². The Morgan fingerprint density at radius 1 is 0.344 bits per heavy atom. The molecule has 4 aromatic heterocycles. The first-order valence-corrected chi connectivity index (χ1v) is 20.8. The smallest absolute Gasteiger partial charge is 0.146 e. The normalized spacial score (nSPS) is 11.9. The molecule has 4 heteroatoms. The van der Waals surface area contributed by atoms with E-state index < -0.39 is 0 Å². The van der Waals surface area contributed by atoms with Crippen molar-refractivity contribution in [3.63, 3.8) is 0 Å². The summed E-state index contributed by atoms with van der Waals surface area (Å²) >= 11 is 0. The van der Waals surface area contributed by atoms with Crippen molar-refractivity contribution in [3.8, 4) is 45.0 Å². The van der Waals surface area contributed by atoms with Crippen LogP contribution in [0.25, 0.3) is 121 Å². The Hall–Kier alpha value is -8.21. The third-order valence-electron chi connectivity index (χ3n) is 12.5. The molecule has 4 nitrogen and oxygen atoms in total. The number of hydrogen-bond acceptors (Lipinski definition) is 2. The summed E-state index contributed by atoms with van der Waals surface area (Å²) < 4.78 is 11.3. The van der Waals surface area contributed by atoms with Gasteiger partial charge >= 0.3 is 0 Å². The van der Waals surface area contributed by atoms with E-state index in [2.05, 4.69) is 221 Å². The van der Waals surface area contributed by atoms with Crippen molar-refractivity contribution < 1.29 is 4.42 Å². The molecule has 13 rings (SSSR count). The Morgan fingerprint density at radius 2 is 0.918 bits per heavy atom. The SMILES string of the molecule is c1ccc(-c2cc3ccccc3c(-n3c4ccccc4c4cc(-c5cccc6oc7ccc(-c8ccc9c(c8)c8ccccc8n9-c8ccccc8)cc7c56)ccc43)n2)cc1. The van der Waals surface area contributed by atoms with Crippen LogP contribution in [0.15, 0.2) is 217 Å². The third kappa shape index (κ3) is 5.16. The number of hydrogen-bond donors (Lipinski definition) is 0. The van der Waals surface area contributed by atoms with E-state index in [0.29, 0.717) is 0 Å². The van der Waals surface area contributed by atoms with E-state index in [4.69, 9.17) is 9.40 Å². The standard InChI is InChI=1S/C57H35N3O/c1-3-14-36(15-4-1)49-35-39-16-7-8-19-43(39)57(58-49)60-51-24-12-10-21-45(51)47-34-40(27-30-53(47)60)42-22-13-25-55-56(42)48-33-38(28-31-54(48)61-55)37-26-29-52-46(32-37)44-20-9-11-23-50(44)59(52)41-17-5-2-6-18-41/h1-35H. The van der Waals surface area contributed by atoms with Gasteiger partial charge in [0, 0.05) is 49.0 Å². The van der Waals surface area contributed by atoms with Gasteiger partial charge in [0.25, 0.3) is 0 Å². The van der Waals surface area contributed by atoms with Crippen LogP contribution in [0.2, 0.25) is 0 Å². The van der Waals surface area contributed by atoms with Gasteiger partial charge < -0.3 is 8.98 Å². The Balaban J connectivity index is 0.982. The predicted octanol–water partition coefficient (Wildman–Crippen LogP) is 15.3. The quantitative estimate of drug-likeness (QED) is 0.174. The fourth-order valence-corrected chi connectivity index (χ4v) is 9.73. The largest absolute Gasteiger partial charge is 0.456 e.